The standard InChI is InChI=1S/C19H29N5O3/c1-3-6-23-14(2)17(11-20-23)19-21-18(15-4-7-25-8-5-15)22-24(19)12-16-13-26-9-10-27-16/h11,15-16H,3-10,12-13H2,1-2H3/t16-/m0/s1. The second-order valence-corrected chi connectivity index (χ2v) is 7.30. The molecule has 0 unspecified atom stereocenters. The highest BCUT2D eigenvalue weighted by atomic mass is 16.6. The molecule has 2 aliphatic rings. The van der Waals surface area contributed by atoms with Gasteiger partial charge in [0.25, 0.3) is 0 Å². The predicted molar refractivity (Wildman–Crippen MR) is 99.6 cm³/mol. The van der Waals surface area contributed by atoms with Gasteiger partial charge in [-0.05, 0) is 26.2 Å². The topological polar surface area (TPSA) is 76.2 Å². The number of ether oxygens (including phenoxy) is 3. The average molecular weight is 375 g/mol. The van der Waals surface area contributed by atoms with E-state index < -0.39 is 0 Å². The minimum atomic E-state index is 0.00716. The molecule has 2 fully saturated rings. The van der Waals surface area contributed by atoms with E-state index in [4.69, 9.17) is 24.3 Å². The maximum absolute atomic E-state index is 5.85. The van der Waals surface area contributed by atoms with Crippen molar-refractivity contribution in [2.24, 2.45) is 0 Å². The summed E-state index contributed by atoms with van der Waals surface area (Å²) in [6.07, 6.45) is 4.92. The summed E-state index contributed by atoms with van der Waals surface area (Å²) in [5, 5.41) is 9.43. The Labute approximate surface area is 159 Å². The molecule has 148 valence electrons. The first-order valence-electron chi connectivity index (χ1n) is 10.0. The Kier molecular flexibility index (Phi) is 5.85. The molecule has 0 aromatic carbocycles. The molecule has 2 saturated heterocycles. The van der Waals surface area contributed by atoms with E-state index >= 15 is 0 Å². The Bertz CT molecular complexity index is 745. The van der Waals surface area contributed by atoms with Crippen LogP contribution in [0.4, 0.5) is 0 Å². The largest absolute Gasteiger partial charge is 0.381 e. The van der Waals surface area contributed by atoms with E-state index in [-0.39, 0.29) is 6.10 Å². The van der Waals surface area contributed by atoms with E-state index in [2.05, 4.69) is 18.9 Å². The van der Waals surface area contributed by atoms with Crippen LogP contribution in [0.15, 0.2) is 6.20 Å². The smallest absolute Gasteiger partial charge is 0.161 e. The molecule has 4 heterocycles. The number of hydrogen-bond acceptors (Lipinski definition) is 6. The van der Waals surface area contributed by atoms with E-state index in [1.165, 1.54) is 0 Å². The quantitative estimate of drug-likeness (QED) is 0.770. The normalized spacial score (nSPS) is 21.6. The molecule has 2 aromatic rings. The van der Waals surface area contributed by atoms with Crippen molar-refractivity contribution in [2.75, 3.05) is 33.0 Å². The second kappa shape index (κ2) is 8.50. The summed E-state index contributed by atoms with van der Waals surface area (Å²) in [6, 6.07) is 0. The highest BCUT2D eigenvalue weighted by Gasteiger charge is 2.26. The van der Waals surface area contributed by atoms with Crippen LogP contribution in [0.3, 0.4) is 0 Å². The molecule has 0 saturated carbocycles. The van der Waals surface area contributed by atoms with Crippen molar-refractivity contribution in [3.05, 3.63) is 17.7 Å². The lowest BCUT2D eigenvalue weighted by Gasteiger charge is -2.23. The van der Waals surface area contributed by atoms with Gasteiger partial charge in [0.2, 0.25) is 0 Å². The molecule has 1 atom stereocenters. The Morgan fingerprint density at radius 3 is 2.70 bits per heavy atom. The molecule has 0 aliphatic carbocycles. The second-order valence-electron chi connectivity index (χ2n) is 7.30. The number of rotatable bonds is 6. The van der Waals surface area contributed by atoms with Crippen LogP contribution >= 0.6 is 0 Å². The molecule has 2 aromatic heterocycles. The summed E-state index contributed by atoms with van der Waals surface area (Å²) in [5.74, 6) is 2.14. The third-order valence-corrected chi connectivity index (χ3v) is 5.32. The van der Waals surface area contributed by atoms with Crippen LogP contribution < -0.4 is 0 Å². The summed E-state index contributed by atoms with van der Waals surface area (Å²) < 4.78 is 20.9. The van der Waals surface area contributed by atoms with Gasteiger partial charge in [0.15, 0.2) is 11.6 Å². The lowest BCUT2D eigenvalue weighted by atomic mass is 10.00. The van der Waals surface area contributed by atoms with Gasteiger partial charge >= 0.3 is 0 Å². The zero-order valence-electron chi connectivity index (χ0n) is 16.3. The fraction of sp³-hybridized carbons (Fsp3) is 0.737. The first-order valence-corrected chi connectivity index (χ1v) is 10.0. The Morgan fingerprint density at radius 2 is 1.96 bits per heavy atom. The molecule has 0 N–H and O–H groups in total. The molecule has 27 heavy (non-hydrogen) atoms. The van der Waals surface area contributed by atoms with Crippen molar-refractivity contribution in [1.82, 2.24) is 24.5 Å². The zero-order chi connectivity index (χ0) is 18.6. The number of nitrogens with zero attached hydrogens (tertiary/aromatic N) is 5. The van der Waals surface area contributed by atoms with Crippen molar-refractivity contribution < 1.29 is 14.2 Å². The van der Waals surface area contributed by atoms with Gasteiger partial charge in [0.05, 0.1) is 38.1 Å². The minimum Gasteiger partial charge on any atom is -0.381 e. The van der Waals surface area contributed by atoms with Gasteiger partial charge in [-0.15, -0.1) is 0 Å². The van der Waals surface area contributed by atoms with Crippen LogP contribution in [0, 0.1) is 6.92 Å². The first-order chi connectivity index (χ1) is 13.3. The number of hydrogen-bond donors (Lipinski definition) is 0. The van der Waals surface area contributed by atoms with Crippen LogP contribution in [0.25, 0.3) is 11.4 Å². The SMILES string of the molecule is CCCn1ncc(-c2nc(C3CCOCC3)nn2C[C@H]2COCCO2)c1C. The van der Waals surface area contributed by atoms with Crippen LogP contribution in [0.1, 0.15) is 43.6 Å². The maximum Gasteiger partial charge on any atom is 0.161 e. The van der Waals surface area contributed by atoms with Crippen LogP contribution in [-0.4, -0.2) is 63.7 Å². The summed E-state index contributed by atoms with van der Waals surface area (Å²) in [4.78, 5) is 4.95. The molecule has 0 bridgehead atoms. The van der Waals surface area contributed by atoms with Gasteiger partial charge in [-0.1, -0.05) is 6.92 Å². The Morgan fingerprint density at radius 1 is 1.11 bits per heavy atom. The summed E-state index contributed by atoms with van der Waals surface area (Å²) in [5.41, 5.74) is 2.18. The Hall–Kier alpha value is -1.77. The van der Waals surface area contributed by atoms with Gasteiger partial charge in [0, 0.05) is 31.4 Å². The van der Waals surface area contributed by atoms with Gasteiger partial charge in [-0.3, -0.25) is 4.68 Å². The fourth-order valence-electron chi connectivity index (χ4n) is 3.75. The molecule has 0 radical (unpaired) electrons. The minimum absolute atomic E-state index is 0.00716. The van der Waals surface area contributed by atoms with Crippen molar-refractivity contribution >= 4 is 0 Å². The third-order valence-electron chi connectivity index (χ3n) is 5.32. The van der Waals surface area contributed by atoms with E-state index in [9.17, 15) is 0 Å². The van der Waals surface area contributed by atoms with Crippen molar-refractivity contribution in [3.63, 3.8) is 0 Å². The molecule has 2 aliphatic heterocycles. The van der Waals surface area contributed by atoms with E-state index in [1.807, 2.05) is 15.6 Å². The van der Waals surface area contributed by atoms with Gasteiger partial charge in [0.1, 0.15) is 6.10 Å². The summed E-state index contributed by atoms with van der Waals surface area (Å²) in [7, 11) is 0. The van der Waals surface area contributed by atoms with Gasteiger partial charge < -0.3 is 14.2 Å². The molecule has 8 nitrogen and oxygen atoms in total. The highest BCUT2D eigenvalue weighted by molar-refractivity contribution is 5.57. The number of aryl methyl sites for hydroxylation is 1. The molecular formula is C19H29N5O3. The van der Waals surface area contributed by atoms with E-state index in [0.717, 1.165) is 61.9 Å². The van der Waals surface area contributed by atoms with Crippen LogP contribution in [0.2, 0.25) is 0 Å². The summed E-state index contributed by atoms with van der Waals surface area (Å²) >= 11 is 0. The first kappa shape index (κ1) is 18.6. The Balaban J connectivity index is 1.65. The lowest BCUT2D eigenvalue weighted by Crippen LogP contribution is -2.32. The zero-order valence-corrected chi connectivity index (χ0v) is 16.3. The number of aromatic nitrogens is 5. The third kappa shape index (κ3) is 4.07. The van der Waals surface area contributed by atoms with E-state index in [0.29, 0.717) is 32.3 Å². The molecular weight excluding hydrogens is 346 g/mol. The molecule has 8 heteroatoms. The van der Waals surface area contributed by atoms with E-state index in [1.54, 1.807) is 0 Å². The molecule has 0 spiro atoms. The maximum atomic E-state index is 5.85. The van der Waals surface area contributed by atoms with Gasteiger partial charge in [-0.2, -0.15) is 10.2 Å². The molecule has 4 rings (SSSR count). The van der Waals surface area contributed by atoms with Crippen molar-refractivity contribution in [2.45, 2.75) is 58.2 Å². The monoisotopic (exact) mass is 375 g/mol. The summed E-state index contributed by atoms with van der Waals surface area (Å²) in [6.45, 7) is 9.27. The fourth-order valence-corrected chi connectivity index (χ4v) is 3.75. The van der Waals surface area contributed by atoms with Crippen LogP contribution in [-0.2, 0) is 27.3 Å². The van der Waals surface area contributed by atoms with Crippen molar-refractivity contribution in [1.29, 1.82) is 0 Å². The molecule has 0 amide bonds. The highest BCUT2D eigenvalue weighted by Crippen LogP contribution is 2.29. The van der Waals surface area contributed by atoms with Crippen LogP contribution in [0.5, 0.6) is 0 Å². The lowest BCUT2D eigenvalue weighted by molar-refractivity contribution is -0.0945. The predicted octanol–water partition coefficient (Wildman–Crippen LogP) is 2.17. The van der Waals surface area contributed by atoms with Crippen molar-refractivity contribution in [3.8, 4) is 11.4 Å². The van der Waals surface area contributed by atoms with Gasteiger partial charge in [-0.25, -0.2) is 9.67 Å². The average Bonchev–Trinajstić information content (AvgIpc) is 3.27.